The Morgan fingerprint density at radius 2 is 2.24 bits per heavy atom. The Morgan fingerprint density at radius 1 is 1.53 bits per heavy atom. The van der Waals surface area contributed by atoms with E-state index in [2.05, 4.69) is 10.3 Å². The minimum atomic E-state index is -0.337. The van der Waals surface area contributed by atoms with Crippen LogP contribution in [0.1, 0.15) is 36.6 Å². The molecule has 17 heavy (non-hydrogen) atoms. The van der Waals surface area contributed by atoms with Crippen molar-refractivity contribution in [2.45, 2.75) is 39.7 Å². The molecule has 1 aliphatic rings. The maximum absolute atomic E-state index is 12.0. The molecular formula is C12H19N3O2. The van der Waals surface area contributed by atoms with Crippen molar-refractivity contribution >= 4 is 5.91 Å². The highest BCUT2D eigenvalue weighted by Crippen LogP contribution is 2.39. The highest BCUT2D eigenvalue weighted by Gasteiger charge is 2.42. The van der Waals surface area contributed by atoms with Gasteiger partial charge in [0.2, 0.25) is 11.8 Å². The van der Waals surface area contributed by atoms with E-state index >= 15 is 0 Å². The largest absolute Gasteiger partial charge is 0.444 e. The minimum absolute atomic E-state index is 0.0276. The molecule has 0 saturated heterocycles. The Morgan fingerprint density at radius 3 is 2.65 bits per heavy atom. The zero-order valence-electron chi connectivity index (χ0n) is 10.4. The van der Waals surface area contributed by atoms with Gasteiger partial charge in [0.15, 0.2) is 0 Å². The molecule has 0 aliphatic heterocycles. The second kappa shape index (κ2) is 4.49. The van der Waals surface area contributed by atoms with E-state index in [0.717, 1.165) is 30.7 Å². The van der Waals surface area contributed by atoms with E-state index < -0.39 is 0 Å². The number of hydrogen-bond donors (Lipinski definition) is 2. The average molecular weight is 237 g/mol. The molecule has 3 N–H and O–H groups in total. The molecule has 0 radical (unpaired) electrons. The Balaban J connectivity index is 1.92. The molecule has 1 aromatic rings. The Labute approximate surface area is 101 Å². The smallest absolute Gasteiger partial charge is 0.227 e. The maximum Gasteiger partial charge on any atom is 0.227 e. The molecule has 0 unspecified atom stereocenters. The molecule has 5 nitrogen and oxygen atoms in total. The van der Waals surface area contributed by atoms with Crippen LogP contribution in [-0.4, -0.2) is 17.4 Å². The summed E-state index contributed by atoms with van der Waals surface area (Å²) in [5.41, 5.74) is 6.20. The molecule has 1 saturated carbocycles. The number of nitrogens with zero attached hydrogens (tertiary/aromatic N) is 1. The normalized spacial score (nSPS) is 17.6. The van der Waals surface area contributed by atoms with E-state index in [1.807, 2.05) is 13.8 Å². The van der Waals surface area contributed by atoms with E-state index in [0.29, 0.717) is 19.0 Å². The first kappa shape index (κ1) is 12.1. The van der Waals surface area contributed by atoms with Gasteiger partial charge in [-0.1, -0.05) is 6.42 Å². The van der Waals surface area contributed by atoms with Crippen molar-refractivity contribution in [3.05, 3.63) is 17.3 Å². The summed E-state index contributed by atoms with van der Waals surface area (Å²) in [5.74, 6) is 1.38. The summed E-state index contributed by atoms with van der Waals surface area (Å²) in [6, 6.07) is 0. The van der Waals surface area contributed by atoms with Crippen molar-refractivity contribution in [2.24, 2.45) is 11.1 Å². The van der Waals surface area contributed by atoms with Crippen LogP contribution in [0.15, 0.2) is 4.42 Å². The quantitative estimate of drug-likeness (QED) is 0.819. The maximum atomic E-state index is 12.0. The lowest BCUT2D eigenvalue weighted by Gasteiger charge is -2.38. The zero-order valence-corrected chi connectivity index (χ0v) is 10.4. The lowest BCUT2D eigenvalue weighted by molar-refractivity contribution is -0.135. The summed E-state index contributed by atoms with van der Waals surface area (Å²) >= 11 is 0. The first-order valence-corrected chi connectivity index (χ1v) is 5.99. The number of carbonyl (C=O) groups excluding carboxylic acids is 1. The van der Waals surface area contributed by atoms with Crippen molar-refractivity contribution < 1.29 is 9.21 Å². The second-order valence-corrected chi connectivity index (χ2v) is 4.77. The first-order valence-electron chi connectivity index (χ1n) is 5.99. The van der Waals surface area contributed by atoms with Crippen molar-refractivity contribution in [1.82, 2.24) is 10.3 Å². The van der Waals surface area contributed by atoms with Crippen LogP contribution in [0.3, 0.4) is 0 Å². The van der Waals surface area contributed by atoms with Crippen LogP contribution in [-0.2, 0) is 11.3 Å². The van der Waals surface area contributed by atoms with Crippen molar-refractivity contribution in [1.29, 1.82) is 0 Å². The number of oxazole rings is 1. The Hall–Kier alpha value is -1.36. The third-order valence-corrected chi connectivity index (χ3v) is 3.66. The van der Waals surface area contributed by atoms with Gasteiger partial charge in [0.1, 0.15) is 5.76 Å². The van der Waals surface area contributed by atoms with E-state index in [1.165, 1.54) is 0 Å². The summed E-state index contributed by atoms with van der Waals surface area (Å²) in [4.78, 5) is 16.2. The van der Waals surface area contributed by atoms with Gasteiger partial charge in [0.25, 0.3) is 0 Å². The molecule has 0 aromatic carbocycles. The number of nitrogens with one attached hydrogen (secondary N) is 1. The Kier molecular flexibility index (Phi) is 3.19. The van der Waals surface area contributed by atoms with Crippen LogP contribution >= 0.6 is 0 Å². The molecule has 0 bridgehead atoms. The lowest BCUT2D eigenvalue weighted by atomic mass is 9.68. The van der Waals surface area contributed by atoms with E-state index in [-0.39, 0.29) is 11.3 Å². The van der Waals surface area contributed by atoms with Gasteiger partial charge in [0, 0.05) is 6.54 Å². The first-order chi connectivity index (χ1) is 8.07. The van der Waals surface area contributed by atoms with E-state index in [4.69, 9.17) is 10.2 Å². The van der Waals surface area contributed by atoms with E-state index in [9.17, 15) is 4.79 Å². The van der Waals surface area contributed by atoms with Crippen LogP contribution in [0.2, 0.25) is 0 Å². The fourth-order valence-electron chi connectivity index (χ4n) is 2.09. The van der Waals surface area contributed by atoms with Gasteiger partial charge in [-0.25, -0.2) is 4.98 Å². The number of nitrogens with two attached hydrogens (primary N) is 1. The minimum Gasteiger partial charge on any atom is -0.444 e. The number of aryl methyl sites for hydroxylation is 2. The highest BCUT2D eigenvalue weighted by molar-refractivity contribution is 5.83. The summed E-state index contributed by atoms with van der Waals surface area (Å²) in [7, 11) is 0. The van der Waals surface area contributed by atoms with Gasteiger partial charge >= 0.3 is 0 Å². The summed E-state index contributed by atoms with van der Waals surface area (Å²) in [6.45, 7) is 4.51. The molecule has 1 heterocycles. The fourth-order valence-corrected chi connectivity index (χ4v) is 2.09. The van der Waals surface area contributed by atoms with E-state index in [1.54, 1.807) is 0 Å². The summed E-state index contributed by atoms with van der Waals surface area (Å²) in [6.07, 6.45) is 2.86. The molecule has 0 atom stereocenters. The molecule has 1 aromatic heterocycles. The molecule has 1 fully saturated rings. The molecule has 5 heteroatoms. The molecule has 1 aliphatic carbocycles. The van der Waals surface area contributed by atoms with Crippen LogP contribution in [0.5, 0.6) is 0 Å². The Bertz CT molecular complexity index is 396. The van der Waals surface area contributed by atoms with Gasteiger partial charge in [-0.3, -0.25) is 4.79 Å². The van der Waals surface area contributed by atoms with Crippen LogP contribution in [0.25, 0.3) is 0 Å². The topological polar surface area (TPSA) is 81.2 Å². The fraction of sp³-hybridized carbons (Fsp3) is 0.667. The summed E-state index contributed by atoms with van der Waals surface area (Å²) < 4.78 is 5.41. The third kappa shape index (κ3) is 2.20. The molecular weight excluding hydrogens is 218 g/mol. The predicted octanol–water partition coefficient (Wildman–Crippen LogP) is 1.04. The molecule has 2 rings (SSSR count). The second-order valence-electron chi connectivity index (χ2n) is 4.77. The average Bonchev–Trinajstić information content (AvgIpc) is 2.55. The number of aromatic nitrogens is 1. The standard InChI is InChI=1S/C12H19N3O2/c1-8-9(2)17-10(15-8)6-14-11(16)12(7-13)4-3-5-12/h3-7,13H2,1-2H3,(H,14,16). The van der Waals surface area contributed by atoms with Crippen molar-refractivity contribution in [3.63, 3.8) is 0 Å². The van der Waals surface area contributed by atoms with Crippen LogP contribution in [0.4, 0.5) is 0 Å². The lowest BCUT2D eigenvalue weighted by Crippen LogP contribution is -2.50. The molecule has 0 spiro atoms. The van der Waals surface area contributed by atoms with Crippen molar-refractivity contribution in [3.8, 4) is 0 Å². The summed E-state index contributed by atoms with van der Waals surface area (Å²) in [5, 5.41) is 2.86. The van der Waals surface area contributed by atoms with Gasteiger partial charge in [-0.2, -0.15) is 0 Å². The number of hydrogen-bond acceptors (Lipinski definition) is 4. The number of rotatable bonds is 4. The monoisotopic (exact) mass is 237 g/mol. The predicted molar refractivity (Wildman–Crippen MR) is 63.2 cm³/mol. The van der Waals surface area contributed by atoms with Crippen LogP contribution in [0, 0.1) is 19.3 Å². The SMILES string of the molecule is Cc1nc(CNC(=O)C2(CN)CCC2)oc1C. The zero-order chi connectivity index (χ0) is 12.5. The van der Waals surface area contributed by atoms with Crippen molar-refractivity contribution in [2.75, 3.05) is 6.54 Å². The molecule has 1 amide bonds. The number of carbonyl (C=O) groups is 1. The van der Waals surface area contributed by atoms with Crippen LogP contribution < -0.4 is 11.1 Å². The van der Waals surface area contributed by atoms with Gasteiger partial charge < -0.3 is 15.5 Å². The van der Waals surface area contributed by atoms with Gasteiger partial charge in [-0.15, -0.1) is 0 Å². The third-order valence-electron chi connectivity index (χ3n) is 3.66. The highest BCUT2D eigenvalue weighted by atomic mass is 16.4. The number of amides is 1. The molecule has 94 valence electrons. The van der Waals surface area contributed by atoms with Gasteiger partial charge in [0.05, 0.1) is 17.7 Å². The van der Waals surface area contributed by atoms with Gasteiger partial charge in [-0.05, 0) is 26.7 Å².